The number of aryl methyl sites for hydroxylation is 11. The Morgan fingerprint density at radius 2 is 0.477 bits per heavy atom. The fourth-order valence-electron chi connectivity index (χ4n) is 13.1. The lowest BCUT2D eigenvalue weighted by atomic mass is 10.1. The topological polar surface area (TPSA) is 552 Å². The Labute approximate surface area is 771 Å². The van der Waals surface area contributed by atoms with Crippen LogP contribution < -0.4 is 73.3 Å². The highest BCUT2D eigenvalue weighted by molar-refractivity contribution is 5.46. The van der Waals surface area contributed by atoms with Gasteiger partial charge in [-0.1, -0.05) is 0 Å². The van der Waals surface area contributed by atoms with Crippen molar-refractivity contribution in [2.24, 2.45) is 14.1 Å². The van der Waals surface area contributed by atoms with Crippen molar-refractivity contribution in [1.82, 2.24) is 138 Å². The Hall–Kier alpha value is -14.8. The van der Waals surface area contributed by atoms with Crippen LogP contribution in [0.2, 0.25) is 0 Å². The molecule has 14 rings (SSSR count). The van der Waals surface area contributed by atoms with Crippen molar-refractivity contribution in [2.75, 3.05) is 81.3 Å². The van der Waals surface area contributed by atoms with Crippen LogP contribution in [0.5, 0.6) is 41.2 Å². The predicted octanol–water partition coefficient (Wildman–Crippen LogP) is 10.9. The predicted molar refractivity (Wildman–Crippen MR) is 507 cm³/mol. The van der Waals surface area contributed by atoms with E-state index in [1.54, 1.807) is 74.1 Å². The van der Waals surface area contributed by atoms with Crippen molar-refractivity contribution in [2.45, 2.75) is 221 Å². The lowest BCUT2D eigenvalue weighted by Crippen LogP contribution is -2.10. The smallest absolute Gasteiger partial charge is 0.233 e. The van der Waals surface area contributed by atoms with E-state index in [9.17, 15) is 0 Å². The van der Waals surface area contributed by atoms with Gasteiger partial charge in [-0.3, -0.25) is 32.8 Å². The number of nitrogens with two attached hydrogens (primary N) is 7. The van der Waals surface area contributed by atoms with E-state index < -0.39 is 0 Å². The summed E-state index contributed by atoms with van der Waals surface area (Å²) >= 11 is 0. The number of ether oxygens (including phenoxy) is 7. The van der Waals surface area contributed by atoms with Gasteiger partial charge in [-0.25, -0.2) is 69.8 Å². The number of hydrogen-bond acceptors (Lipinski definition) is 35. The molecule has 0 aromatic carbocycles. The number of nitrogen functional groups attached to an aromatic ring is 7. The highest BCUT2D eigenvalue weighted by atomic mass is 16.5. The second-order valence-electron chi connectivity index (χ2n) is 31.4. The van der Waals surface area contributed by atoms with Crippen LogP contribution in [0, 0.1) is 48.5 Å². The first-order valence-corrected chi connectivity index (χ1v) is 43.5. The molecule has 0 aliphatic carbocycles. The zero-order valence-corrected chi connectivity index (χ0v) is 80.8. The summed E-state index contributed by atoms with van der Waals surface area (Å²) in [5, 5.41) is 30.5. The normalized spacial score (nSPS) is 10.9. The third kappa shape index (κ3) is 30.2. The first-order valence-electron chi connectivity index (χ1n) is 43.5. The van der Waals surface area contributed by atoms with Crippen LogP contribution in [-0.4, -0.2) is 185 Å². The van der Waals surface area contributed by atoms with Crippen LogP contribution >= 0.6 is 0 Å². The molecule has 0 spiro atoms. The van der Waals surface area contributed by atoms with Gasteiger partial charge in [0.2, 0.25) is 41.2 Å². The van der Waals surface area contributed by atoms with Gasteiger partial charge in [0.1, 0.15) is 81.5 Å². The fraction of sp³-hybridized carbons (Fsp3) is 0.456. The molecule has 42 heteroatoms. The van der Waals surface area contributed by atoms with Gasteiger partial charge in [0.15, 0.2) is 0 Å². The molecule has 0 bridgehead atoms. The number of hydrogen-bond donors (Lipinski definition) is 7. The van der Waals surface area contributed by atoms with Crippen molar-refractivity contribution >= 4 is 40.7 Å². The molecule has 0 aliphatic heterocycles. The molecule has 14 N–H and O–H groups in total. The molecule has 708 valence electrons. The summed E-state index contributed by atoms with van der Waals surface area (Å²) in [5.41, 5.74) is 54.9. The van der Waals surface area contributed by atoms with Crippen molar-refractivity contribution in [3.05, 3.63) is 205 Å². The number of anilines is 7. The number of methoxy groups -OCH3 is 3. The molecule has 0 atom stereocenters. The summed E-state index contributed by atoms with van der Waals surface area (Å²) < 4.78 is 50.5. The fourth-order valence-corrected chi connectivity index (χ4v) is 13.1. The monoisotopic (exact) mass is 1810 g/mol. The molecular formula is C90H131N35O7. The van der Waals surface area contributed by atoms with E-state index in [0.29, 0.717) is 187 Å². The molecular weight excluding hydrogens is 1680 g/mol. The molecule has 0 aliphatic rings. The third-order valence-corrected chi connectivity index (χ3v) is 19.6. The molecule has 0 unspecified atom stereocenters. The lowest BCUT2D eigenvalue weighted by Gasteiger charge is -2.11. The molecule has 132 heavy (non-hydrogen) atoms. The minimum atomic E-state index is 0.0983. The van der Waals surface area contributed by atoms with E-state index in [1.165, 1.54) is 0 Å². The molecule has 42 nitrogen and oxygen atoms in total. The molecule has 14 heterocycles. The maximum Gasteiger partial charge on any atom is 0.233 e. The molecule has 14 aromatic heterocycles. The highest BCUT2D eigenvalue weighted by Crippen LogP contribution is 2.28. The van der Waals surface area contributed by atoms with Gasteiger partial charge in [-0.15, -0.1) is 35.7 Å². The van der Waals surface area contributed by atoms with E-state index in [1.807, 2.05) is 177 Å². The average molecular weight is 1820 g/mol. The molecule has 14 aromatic rings. The SMILES string of the molecule is CCOc1cc(Cc2cnc(C)nc2N)n(C(C)C)n1.CCOc1cc(Cc2cnc(C)nc2N)n(C)n1.CCOc1cc(Cc2cnc(C)nc2N)n(CC)n1.CCn1nc(OC)cc1Cc1cnc(C)nc1N.COc1cc(Cc2cnc(C)nc2N)n(C(C)C)n1.COc1cc(Cc2cnc(C)nc2N)n(C)n1.Cc1ncc(Cc2cc(OC(C)C)nn2C(C)C)c(N)n1. The highest BCUT2D eigenvalue weighted by Gasteiger charge is 2.21. The quantitative estimate of drug-likeness (QED) is 0.0220. The van der Waals surface area contributed by atoms with E-state index in [2.05, 4.69) is 147 Å². The van der Waals surface area contributed by atoms with Crippen LogP contribution in [-0.2, 0) is 72.1 Å². The summed E-state index contributed by atoms with van der Waals surface area (Å²) in [6, 6.07) is 14.2. The van der Waals surface area contributed by atoms with Gasteiger partial charge in [-0.2, -0.15) is 0 Å². The van der Waals surface area contributed by atoms with Crippen molar-refractivity contribution in [3.8, 4) is 41.2 Å². The van der Waals surface area contributed by atoms with Crippen molar-refractivity contribution in [3.63, 3.8) is 0 Å². The van der Waals surface area contributed by atoms with Crippen molar-refractivity contribution in [1.29, 1.82) is 0 Å². The largest absolute Gasteiger partial charge is 0.480 e. The van der Waals surface area contributed by atoms with Gasteiger partial charge in [0.25, 0.3) is 0 Å². The first-order chi connectivity index (χ1) is 62.8. The van der Waals surface area contributed by atoms with E-state index >= 15 is 0 Å². The zero-order valence-electron chi connectivity index (χ0n) is 80.8. The van der Waals surface area contributed by atoms with Gasteiger partial charge < -0.3 is 73.3 Å². The Balaban J connectivity index is 0.000000190. The summed E-state index contributed by atoms with van der Waals surface area (Å²) in [6.45, 7) is 42.5. The maximum atomic E-state index is 5.97. The zero-order chi connectivity index (χ0) is 96.7. The Morgan fingerprint density at radius 1 is 0.273 bits per heavy atom. The molecule has 0 saturated heterocycles. The summed E-state index contributed by atoms with van der Waals surface area (Å²) in [5.74, 6) is 12.7. The molecule has 0 saturated carbocycles. The molecule has 0 amide bonds. The van der Waals surface area contributed by atoms with Gasteiger partial charge in [-0.05, 0) is 138 Å². The molecule has 0 fully saturated rings. The average Bonchev–Trinajstić information content (AvgIpc) is 1.69. The Kier molecular flexibility index (Phi) is 38.2. The summed E-state index contributed by atoms with van der Waals surface area (Å²) in [6.07, 6.45) is 16.9. The number of nitrogens with zero attached hydrogens (tertiary/aromatic N) is 28. The summed E-state index contributed by atoms with van der Waals surface area (Å²) in [7, 11) is 8.55. The Bertz CT molecular complexity index is 6000. The summed E-state index contributed by atoms with van der Waals surface area (Å²) in [4.78, 5) is 58.4. The second-order valence-corrected chi connectivity index (χ2v) is 31.4. The van der Waals surface area contributed by atoms with Crippen molar-refractivity contribution < 1.29 is 33.2 Å². The van der Waals surface area contributed by atoms with Crippen LogP contribution in [0.1, 0.15) is 228 Å². The van der Waals surface area contributed by atoms with E-state index in [4.69, 9.17) is 73.3 Å². The first kappa shape index (κ1) is 103. The van der Waals surface area contributed by atoms with Gasteiger partial charge >= 0.3 is 0 Å². The number of aromatic nitrogens is 28. The van der Waals surface area contributed by atoms with Gasteiger partial charge in [0, 0.05) is 255 Å². The van der Waals surface area contributed by atoms with Crippen LogP contribution in [0.15, 0.2) is 85.8 Å². The second kappa shape index (κ2) is 49.1. The van der Waals surface area contributed by atoms with Crippen LogP contribution in [0.25, 0.3) is 0 Å². The van der Waals surface area contributed by atoms with Crippen LogP contribution in [0.3, 0.4) is 0 Å². The standard InChI is InChI=1S/C15H23N5O.C14H21N5O.2C13H19N5O.2C12H17N5O.C11H15N5O/c1-9(2)20-13(7-14(19-20)21-10(3)4)6-12-8-17-11(5)18-15(12)16;1-5-20-13-7-12(19(18-13)9(2)3)6-11-8-16-10(4)17-14(11)15;1-8(2)18-11(6-12(17-18)19-4)5-10-7-15-9(3)16-13(10)14;1-4-18-11(7-12(17-18)19-5-2)6-10-8-15-9(3)16-13(10)14;1-4-17-10(6-11(16-17)18-3)5-9-7-14-8(2)15-12(9)13;1-4-18-11-6-10(17(3)16-11)5-9-7-14-8(2)15-12(9)13;1-7-13-6-8(11(12)14-7)4-9-5-10(17-3)15-16(9)2/h7-10H,6H2,1-5H3,(H2,16,17,18);7-9H,5-6H2,1-4H3,(H2,15,16,17);6-8H,5H2,1-4H3,(H2,14,15,16);7-8H,4-6H2,1-3H3,(H2,14,15,16);2*6-7H,4-5H2,1-3H3,(H2,13,14,15);5-6H,4H2,1-3H3,(H2,12,13,14). The lowest BCUT2D eigenvalue weighted by molar-refractivity contribution is 0.229. The van der Waals surface area contributed by atoms with Crippen LogP contribution in [0.4, 0.5) is 40.7 Å². The van der Waals surface area contributed by atoms with E-state index in [-0.39, 0.29) is 24.2 Å². The minimum absolute atomic E-state index is 0.0983. The van der Waals surface area contributed by atoms with E-state index in [0.717, 1.165) is 91.9 Å². The molecule has 0 radical (unpaired) electrons. The minimum Gasteiger partial charge on any atom is -0.480 e. The third-order valence-electron chi connectivity index (χ3n) is 19.6. The maximum absolute atomic E-state index is 5.97. The Morgan fingerprint density at radius 3 is 0.750 bits per heavy atom. The van der Waals surface area contributed by atoms with Gasteiger partial charge in [0.05, 0.1) is 47.3 Å². The number of rotatable bonds is 30.